The van der Waals surface area contributed by atoms with E-state index in [-0.39, 0.29) is 44.3 Å². The zero-order valence-corrected chi connectivity index (χ0v) is 39.5. The molecule has 0 heterocycles. The molecule has 14 nitrogen and oxygen atoms in total. The lowest BCUT2D eigenvalue weighted by Gasteiger charge is -2.21. The summed E-state index contributed by atoms with van der Waals surface area (Å²) >= 11 is 0. The van der Waals surface area contributed by atoms with Gasteiger partial charge in [0.15, 0.2) is 6.10 Å². The first-order valence-electron chi connectivity index (χ1n) is 24.2. The normalized spacial score (nSPS) is 20.8. The van der Waals surface area contributed by atoms with Crippen molar-refractivity contribution in [2.75, 3.05) is 26.4 Å². The molecule has 1 aliphatic carbocycles. The number of aliphatic hydroxyl groups excluding tert-OH is 5. The van der Waals surface area contributed by atoms with Crippen LogP contribution in [0.1, 0.15) is 194 Å². The van der Waals surface area contributed by atoms with Gasteiger partial charge in [0.1, 0.15) is 18.5 Å². The summed E-state index contributed by atoms with van der Waals surface area (Å²) < 4.78 is 32.7. The van der Waals surface area contributed by atoms with Gasteiger partial charge in [-0.25, -0.2) is 4.57 Å². The van der Waals surface area contributed by atoms with E-state index < -0.39 is 88.5 Å². The summed E-state index contributed by atoms with van der Waals surface area (Å²) in [6, 6.07) is 0. The highest BCUT2D eigenvalue weighted by Crippen LogP contribution is 2.43. The SMILES string of the molecule is CCCCC[C@H](O)/C=C/[C@@H]1[C@@H](CC(=O)CCCCC(=O)O[C@H](COC(=O)CCCCCCCCCCCCCCCCC(C)CC)COP(=O)(O)OC[C@@H](O)CO)[C@@H](O)C[C@H]1O. The van der Waals surface area contributed by atoms with Crippen molar-refractivity contribution in [3.63, 3.8) is 0 Å². The minimum atomic E-state index is -4.72. The molecule has 0 aliphatic heterocycles. The molecule has 6 N–H and O–H groups in total. The number of phosphoric acid groups is 1. The van der Waals surface area contributed by atoms with Crippen LogP contribution in [0.2, 0.25) is 0 Å². The first kappa shape index (κ1) is 58.3. The molecular formula is C47H87O14P. The van der Waals surface area contributed by atoms with Gasteiger partial charge in [-0.3, -0.25) is 23.4 Å². The van der Waals surface area contributed by atoms with E-state index in [1.807, 2.05) is 0 Å². The van der Waals surface area contributed by atoms with Crippen molar-refractivity contribution in [1.29, 1.82) is 0 Å². The minimum absolute atomic E-state index is 0.0477. The van der Waals surface area contributed by atoms with Gasteiger partial charge in [0, 0.05) is 43.9 Å². The lowest BCUT2D eigenvalue weighted by atomic mass is 9.87. The van der Waals surface area contributed by atoms with Gasteiger partial charge in [0.2, 0.25) is 0 Å². The van der Waals surface area contributed by atoms with Crippen LogP contribution in [0.5, 0.6) is 0 Å². The molecule has 15 heteroatoms. The maximum Gasteiger partial charge on any atom is 0.472 e. The fraction of sp³-hybridized carbons (Fsp3) is 0.894. The molecule has 0 aromatic rings. The summed E-state index contributed by atoms with van der Waals surface area (Å²) in [5.74, 6) is -1.42. The van der Waals surface area contributed by atoms with Crippen LogP contribution in [0.3, 0.4) is 0 Å². The van der Waals surface area contributed by atoms with Crippen LogP contribution in [-0.2, 0) is 37.5 Å². The van der Waals surface area contributed by atoms with Crippen molar-refractivity contribution in [2.45, 2.75) is 225 Å². The third kappa shape index (κ3) is 30.4. The molecular weight excluding hydrogens is 819 g/mol. The summed E-state index contributed by atoms with van der Waals surface area (Å²) in [5.41, 5.74) is 0. The monoisotopic (exact) mass is 907 g/mol. The molecule has 0 saturated heterocycles. The number of hydrogen-bond donors (Lipinski definition) is 6. The highest BCUT2D eigenvalue weighted by Gasteiger charge is 2.41. The van der Waals surface area contributed by atoms with Gasteiger partial charge in [0.25, 0.3) is 0 Å². The first-order valence-corrected chi connectivity index (χ1v) is 25.7. The van der Waals surface area contributed by atoms with E-state index in [1.54, 1.807) is 12.2 Å². The van der Waals surface area contributed by atoms with Crippen LogP contribution in [0.25, 0.3) is 0 Å². The van der Waals surface area contributed by atoms with Crippen LogP contribution in [0, 0.1) is 17.8 Å². The molecule has 0 bridgehead atoms. The zero-order valence-electron chi connectivity index (χ0n) is 38.6. The Morgan fingerprint density at radius 3 is 1.82 bits per heavy atom. The molecule has 364 valence electrons. The van der Waals surface area contributed by atoms with Crippen molar-refractivity contribution in [3.8, 4) is 0 Å². The number of phosphoric ester groups is 1. The van der Waals surface area contributed by atoms with Crippen LogP contribution in [0.15, 0.2) is 12.2 Å². The van der Waals surface area contributed by atoms with Gasteiger partial charge in [-0.1, -0.05) is 148 Å². The zero-order chi connectivity index (χ0) is 46.0. The maximum absolute atomic E-state index is 12.9. The molecule has 1 rings (SSSR count). The van der Waals surface area contributed by atoms with E-state index in [0.717, 1.165) is 44.4 Å². The number of carbonyl (C=O) groups is 3. The predicted octanol–water partition coefficient (Wildman–Crippen LogP) is 8.59. The van der Waals surface area contributed by atoms with Gasteiger partial charge in [-0.05, 0) is 31.6 Å². The second-order valence-electron chi connectivity index (χ2n) is 17.7. The third-order valence-electron chi connectivity index (χ3n) is 11.9. The van der Waals surface area contributed by atoms with Crippen LogP contribution in [-0.4, -0.2) is 105 Å². The van der Waals surface area contributed by atoms with E-state index in [9.17, 15) is 44.3 Å². The molecule has 1 saturated carbocycles. The van der Waals surface area contributed by atoms with Crippen LogP contribution in [0.4, 0.5) is 0 Å². The molecule has 0 aromatic carbocycles. The standard InChI is InChI=1S/C47H87O14P/c1-4-6-19-25-38(49)29-30-42-43(45(53)32-44(42)52)31-39(50)26-22-23-28-47(55)61-41(36-60-62(56,57)59-34-40(51)33-48)35-58-46(54)27-21-18-16-14-12-10-8-7-9-11-13-15-17-20-24-37(3)5-2/h29-30,37-38,40-45,48-49,51-53H,4-28,31-36H2,1-3H3,(H,56,57)/b30-29+/t37?,38-,40-,41+,42+,43+,44+,45-/m0/s1. The maximum atomic E-state index is 12.9. The lowest BCUT2D eigenvalue weighted by Crippen LogP contribution is -2.30. The second kappa shape index (κ2) is 36.5. The van der Waals surface area contributed by atoms with Crippen molar-refractivity contribution >= 4 is 25.5 Å². The Balaban J connectivity index is 2.43. The molecule has 0 aromatic heterocycles. The Kier molecular flexibility index (Phi) is 34.3. The van der Waals surface area contributed by atoms with E-state index >= 15 is 0 Å². The second-order valence-corrected chi connectivity index (χ2v) is 19.2. The molecule has 0 amide bonds. The molecule has 9 atom stereocenters. The Bertz CT molecular complexity index is 1230. The minimum Gasteiger partial charge on any atom is -0.462 e. The van der Waals surface area contributed by atoms with Crippen molar-refractivity contribution in [2.24, 2.45) is 17.8 Å². The van der Waals surface area contributed by atoms with E-state index in [1.165, 1.54) is 77.0 Å². The fourth-order valence-electron chi connectivity index (χ4n) is 7.73. The summed E-state index contributed by atoms with van der Waals surface area (Å²) in [5, 5.41) is 49.7. The van der Waals surface area contributed by atoms with E-state index in [0.29, 0.717) is 19.3 Å². The molecule has 2 unspecified atom stereocenters. The predicted molar refractivity (Wildman–Crippen MR) is 240 cm³/mol. The van der Waals surface area contributed by atoms with Crippen molar-refractivity contribution in [1.82, 2.24) is 0 Å². The smallest absolute Gasteiger partial charge is 0.462 e. The third-order valence-corrected chi connectivity index (χ3v) is 12.9. The van der Waals surface area contributed by atoms with Gasteiger partial charge in [-0.2, -0.15) is 0 Å². The first-order chi connectivity index (χ1) is 29.7. The fourth-order valence-corrected chi connectivity index (χ4v) is 8.52. The van der Waals surface area contributed by atoms with Crippen molar-refractivity contribution in [3.05, 3.63) is 12.2 Å². The highest BCUT2D eigenvalue weighted by atomic mass is 31.2. The average Bonchev–Trinajstić information content (AvgIpc) is 3.51. The Morgan fingerprint density at radius 1 is 0.694 bits per heavy atom. The lowest BCUT2D eigenvalue weighted by molar-refractivity contribution is -0.161. The number of unbranched alkanes of at least 4 members (excludes halogenated alkanes) is 16. The largest absolute Gasteiger partial charge is 0.472 e. The number of aliphatic hydroxyl groups is 5. The summed E-state index contributed by atoms with van der Waals surface area (Å²) in [7, 11) is -4.72. The van der Waals surface area contributed by atoms with Gasteiger partial charge in [-0.15, -0.1) is 0 Å². The number of ether oxygens (including phenoxy) is 2. The summed E-state index contributed by atoms with van der Waals surface area (Å²) in [6.07, 6.45) is 22.3. The topological polar surface area (TPSA) is 227 Å². The molecule has 1 aliphatic rings. The highest BCUT2D eigenvalue weighted by molar-refractivity contribution is 7.47. The molecule has 0 spiro atoms. The van der Waals surface area contributed by atoms with E-state index in [4.69, 9.17) is 19.1 Å². The van der Waals surface area contributed by atoms with E-state index in [2.05, 4.69) is 25.3 Å². The number of hydrogen-bond acceptors (Lipinski definition) is 13. The Hall–Kier alpha value is -1.74. The Labute approximate surface area is 373 Å². The van der Waals surface area contributed by atoms with Crippen LogP contribution >= 0.6 is 7.82 Å². The van der Waals surface area contributed by atoms with Crippen molar-refractivity contribution < 1.29 is 67.9 Å². The van der Waals surface area contributed by atoms with Gasteiger partial charge in [0.05, 0.1) is 38.1 Å². The number of ketones is 1. The molecule has 62 heavy (non-hydrogen) atoms. The molecule has 1 fully saturated rings. The van der Waals surface area contributed by atoms with Crippen LogP contribution < -0.4 is 0 Å². The van der Waals surface area contributed by atoms with Gasteiger partial charge >= 0.3 is 19.8 Å². The summed E-state index contributed by atoms with van der Waals surface area (Å²) in [4.78, 5) is 48.2. The van der Waals surface area contributed by atoms with Gasteiger partial charge < -0.3 is 39.9 Å². The number of rotatable bonds is 41. The number of esters is 2. The average molecular weight is 907 g/mol. The Morgan fingerprint density at radius 2 is 1.23 bits per heavy atom. The number of carbonyl (C=O) groups excluding carboxylic acids is 3. The quantitative estimate of drug-likeness (QED) is 0.0146. The summed E-state index contributed by atoms with van der Waals surface area (Å²) in [6.45, 7) is 4.23. The molecule has 0 radical (unpaired) electrons. The number of Topliss-reactive ketones (excluding diaryl/α,β-unsaturated/α-hetero) is 1.